The average molecular weight is 318 g/mol. The van der Waals surface area contributed by atoms with Gasteiger partial charge in [-0.25, -0.2) is 0 Å². The van der Waals surface area contributed by atoms with E-state index in [1.165, 1.54) is 0 Å². The van der Waals surface area contributed by atoms with Crippen molar-refractivity contribution in [1.82, 2.24) is 0 Å². The van der Waals surface area contributed by atoms with Gasteiger partial charge >= 0.3 is 0 Å². The molecule has 0 fully saturated rings. The molecule has 0 aliphatic heterocycles. The van der Waals surface area contributed by atoms with Crippen LogP contribution < -0.4 is 0 Å². The molecule has 0 bridgehead atoms. The highest BCUT2D eigenvalue weighted by atomic mass is 28.4. The van der Waals surface area contributed by atoms with Crippen molar-refractivity contribution in [3.63, 3.8) is 0 Å². The first kappa shape index (κ1) is 20.4. The third kappa shape index (κ3) is 6.00. The molecule has 0 saturated heterocycles. The Labute approximate surface area is 129 Å². The van der Waals surface area contributed by atoms with E-state index in [0.717, 1.165) is 0 Å². The van der Waals surface area contributed by atoms with Crippen LogP contribution in [0.15, 0.2) is 0 Å². The largest absolute Gasteiger partial charge is 0.416 e. The Kier molecular flexibility index (Phi) is 6.75. The second-order valence-corrected chi connectivity index (χ2v) is 18.6. The minimum atomic E-state index is -1.66. The Hall–Kier alpha value is 0.354. The van der Waals surface area contributed by atoms with Gasteiger partial charge in [-0.1, -0.05) is 41.5 Å². The summed E-state index contributed by atoms with van der Waals surface area (Å²) < 4.78 is 12.4. The van der Waals surface area contributed by atoms with Gasteiger partial charge in [0.15, 0.2) is 16.6 Å². The van der Waals surface area contributed by atoms with E-state index < -0.39 is 16.6 Å². The van der Waals surface area contributed by atoms with Crippen molar-refractivity contribution in [1.29, 1.82) is 0 Å². The molecule has 0 aromatic heterocycles. The number of hydrogen-bond donors (Lipinski definition) is 0. The maximum absolute atomic E-state index is 6.22. The van der Waals surface area contributed by atoms with Gasteiger partial charge in [0.25, 0.3) is 0 Å². The van der Waals surface area contributed by atoms with Crippen LogP contribution in [0.1, 0.15) is 41.5 Å². The Balaban J connectivity index is 4.31. The standard InChI is InChI=1S/C16H37O2Si2/c1-14(12-17-19(8,9)15(2,3)4)13-18-20(10,11)16(5,6)7/h14H,1,12-13H2,2-11H3. The predicted molar refractivity (Wildman–Crippen MR) is 95.1 cm³/mol. The van der Waals surface area contributed by atoms with Gasteiger partial charge in [-0.2, -0.15) is 0 Å². The molecule has 0 saturated carbocycles. The molecule has 0 N–H and O–H groups in total. The summed E-state index contributed by atoms with van der Waals surface area (Å²) in [5.74, 6) is 0.221. The maximum atomic E-state index is 6.22. The molecule has 0 unspecified atom stereocenters. The molecule has 121 valence electrons. The molecule has 0 aliphatic rings. The molecule has 0 rings (SSSR count). The van der Waals surface area contributed by atoms with Crippen molar-refractivity contribution < 1.29 is 8.85 Å². The first-order valence-corrected chi connectivity index (χ1v) is 13.5. The lowest BCUT2D eigenvalue weighted by Gasteiger charge is -2.38. The van der Waals surface area contributed by atoms with E-state index in [1.54, 1.807) is 0 Å². The van der Waals surface area contributed by atoms with Crippen molar-refractivity contribution in [2.45, 2.75) is 77.8 Å². The van der Waals surface area contributed by atoms with Crippen LogP contribution in [0.4, 0.5) is 0 Å². The van der Waals surface area contributed by atoms with Crippen molar-refractivity contribution >= 4 is 16.6 Å². The van der Waals surface area contributed by atoms with Crippen molar-refractivity contribution in [2.75, 3.05) is 13.2 Å². The lowest BCUT2D eigenvalue weighted by molar-refractivity contribution is 0.181. The molecule has 20 heavy (non-hydrogen) atoms. The summed E-state index contributed by atoms with van der Waals surface area (Å²) in [4.78, 5) is 0. The normalized spacial score (nSPS) is 15.0. The first-order valence-electron chi connectivity index (χ1n) is 7.71. The van der Waals surface area contributed by atoms with E-state index in [-0.39, 0.29) is 16.0 Å². The second-order valence-electron chi connectivity index (χ2n) is 9.01. The summed E-state index contributed by atoms with van der Waals surface area (Å²) in [5.41, 5.74) is 0. The topological polar surface area (TPSA) is 18.5 Å². The average Bonchev–Trinajstić information content (AvgIpc) is 2.20. The summed E-state index contributed by atoms with van der Waals surface area (Å²) in [5, 5.41) is 0.514. The quantitative estimate of drug-likeness (QED) is 0.604. The van der Waals surface area contributed by atoms with Crippen molar-refractivity contribution in [2.24, 2.45) is 5.92 Å². The van der Waals surface area contributed by atoms with Gasteiger partial charge in [0.1, 0.15) is 0 Å². The third-order valence-electron chi connectivity index (χ3n) is 4.97. The monoisotopic (exact) mass is 317 g/mol. The fourth-order valence-corrected chi connectivity index (χ4v) is 3.30. The zero-order valence-electron chi connectivity index (χ0n) is 15.5. The van der Waals surface area contributed by atoms with Crippen LogP contribution in [0, 0.1) is 12.8 Å². The summed E-state index contributed by atoms with van der Waals surface area (Å²) in [7, 11) is -3.33. The van der Waals surface area contributed by atoms with Crippen LogP contribution in [-0.4, -0.2) is 29.8 Å². The zero-order chi connectivity index (χ0) is 16.4. The van der Waals surface area contributed by atoms with Crippen LogP contribution in [0.2, 0.25) is 36.3 Å². The molecule has 0 heterocycles. The van der Waals surface area contributed by atoms with Gasteiger partial charge in [-0.05, 0) is 43.2 Å². The van der Waals surface area contributed by atoms with E-state index in [9.17, 15) is 0 Å². The highest BCUT2D eigenvalue weighted by Crippen LogP contribution is 2.38. The molecule has 2 nitrogen and oxygen atoms in total. The molecule has 0 aromatic rings. The molecule has 0 aromatic carbocycles. The summed E-state index contributed by atoms with van der Waals surface area (Å²) in [6.07, 6.45) is 0. The zero-order valence-corrected chi connectivity index (χ0v) is 17.5. The highest BCUT2D eigenvalue weighted by Gasteiger charge is 2.39. The van der Waals surface area contributed by atoms with Gasteiger partial charge < -0.3 is 8.85 Å². The molecular formula is C16H37O2Si2. The number of hydrogen-bond acceptors (Lipinski definition) is 2. The van der Waals surface area contributed by atoms with E-state index in [2.05, 4.69) is 74.7 Å². The van der Waals surface area contributed by atoms with Gasteiger partial charge in [0.2, 0.25) is 0 Å². The van der Waals surface area contributed by atoms with E-state index in [4.69, 9.17) is 8.85 Å². The Bertz CT molecular complexity index is 269. The molecule has 0 aliphatic carbocycles. The van der Waals surface area contributed by atoms with Crippen LogP contribution in [-0.2, 0) is 8.85 Å². The van der Waals surface area contributed by atoms with Gasteiger partial charge in [0.05, 0.1) is 0 Å². The summed E-state index contributed by atoms with van der Waals surface area (Å²) in [6, 6.07) is 0. The second kappa shape index (κ2) is 6.63. The van der Waals surface area contributed by atoms with Gasteiger partial charge in [0, 0.05) is 19.1 Å². The smallest absolute Gasteiger partial charge is 0.191 e. The van der Waals surface area contributed by atoms with E-state index in [1.807, 2.05) is 0 Å². The summed E-state index contributed by atoms with van der Waals surface area (Å²) >= 11 is 0. The molecule has 1 radical (unpaired) electrons. The minimum absolute atomic E-state index is 0.221. The Morgan fingerprint density at radius 1 is 0.750 bits per heavy atom. The minimum Gasteiger partial charge on any atom is -0.416 e. The number of rotatable bonds is 6. The van der Waals surface area contributed by atoms with E-state index in [0.29, 0.717) is 13.2 Å². The fraction of sp³-hybridized carbons (Fsp3) is 0.938. The Morgan fingerprint density at radius 2 is 1.00 bits per heavy atom. The molecule has 4 heteroatoms. The molecule has 0 atom stereocenters. The van der Waals surface area contributed by atoms with Crippen molar-refractivity contribution in [3.8, 4) is 0 Å². The van der Waals surface area contributed by atoms with Crippen LogP contribution >= 0.6 is 0 Å². The van der Waals surface area contributed by atoms with Crippen LogP contribution in [0.25, 0.3) is 0 Å². The van der Waals surface area contributed by atoms with Crippen LogP contribution in [0.3, 0.4) is 0 Å². The fourth-order valence-electron chi connectivity index (χ4n) is 1.13. The Morgan fingerprint density at radius 3 is 1.20 bits per heavy atom. The van der Waals surface area contributed by atoms with Crippen LogP contribution in [0.5, 0.6) is 0 Å². The first-order chi connectivity index (χ1) is 8.60. The molecule has 0 amide bonds. The SMILES string of the molecule is [CH2]C(CO[Si](C)(C)C(C)(C)C)CO[Si](C)(C)C(C)(C)C. The molecule has 0 spiro atoms. The van der Waals surface area contributed by atoms with Crippen molar-refractivity contribution in [3.05, 3.63) is 6.92 Å². The summed E-state index contributed by atoms with van der Waals surface area (Å²) in [6.45, 7) is 28.4. The highest BCUT2D eigenvalue weighted by molar-refractivity contribution is 6.74. The van der Waals surface area contributed by atoms with Gasteiger partial charge in [-0.15, -0.1) is 0 Å². The maximum Gasteiger partial charge on any atom is 0.191 e. The third-order valence-corrected chi connectivity index (χ3v) is 14.0. The van der Waals surface area contributed by atoms with E-state index >= 15 is 0 Å². The van der Waals surface area contributed by atoms with Gasteiger partial charge in [-0.3, -0.25) is 0 Å². The predicted octanol–water partition coefficient (Wildman–Crippen LogP) is 5.48. The lowest BCUT2D eigenvalue weighted by atomic mass is 10.2. The molecular weight excluding hydrogens is 280 g/mol. The lowest BCUT2D eigenvalue weighted by Crippen LogP contribution is -2.44.